The van der Waals surface area contributed by atoms with E-state index >= 15 is 0 Å². The highest BCUT2D eigenvalue weighted by atomic mass is 16.2. The van der Waals surface area contributed by atoms with Crippen molar-refractivity contribution in [1.82, 2.24) is 15.1 Å². The Morgan fingerprint density at radius 3 is 2.76 bits per heavy atom. The summed E-state index contributed by atoms with van der Waals surface area (Å²) in [7, 11) is 0. The highest BCUT2D eigenvalue weighted by Gasteiger charge is 2.37. The number of rotatable bonds is 7. The summed E-state index contributed by atoms with van der Waals surface area (Å²) in [5.41, 5.74) is 0. The van der Waals surface area contributed by atoms with Crippen molar-refractivity contribution in [2.45, 2.75) is 64.5 Å². The Balaban J connectivity index is 1.67. The van der Waals surface area contributed by atoms with Gasteiger partial charge < -0.3 is 10.2 Å². The third-order valence-electron chi connectivity index (χ3n) is 4.64. The zero-order valence-corrected chi connectivity index (χ0v) is 13.4. The number of imide groups is 1. The van der Waals surface area contributed by atoms with Gasteiger partial charge in [0.05, 0.1) is 12.5 Å². The summed E-state index contributed by atoms with van der Waals surface area (Å²) in [6.07, 6.45) is 6.16. The minimum atomic E-state index is -0.289. The van der Waals surface area contributed by atoms with Crippen LogP contribution in [0.4, 0.5) is 0 Å². The van der Waals surface area contributed by atoms with Gasteiger partial charge in [0.25, 0.3) is 0 Å². The molecule has 2 unspecified atom stereocenters. The van der Waals surface area contributed by atoms with Crippen LogP contribution in [0, 0.1) is 0 Å². The molecule has 21 heavy (non-hydrogen) atoms. The molecule has 0 aromatic carbocycles. The molecule has 0 aliphatic carbocycles. The van der Waals surface area contributed by atoms with Crippen LogP contribution in [0.1, 0.15) is 52.4 Å². The van der Waals surface area contributed by atoms with Crippen LogP contribution in [-0.2, 0) is 9.59 Å². The zero-order chi connectivity index (χ0) is 15.2. The first-order valence-corrected chi connectivity index (χ1v) is 8.45. The normalized spacial score (nSPS) is 27.6. The summed E-state index contributed by atoms with van der Waals surface area (Å²) in [6, 6.07) is 0.399. The molecule has 5 nitrogen and oxygen atoms in total. The van der Waals surface area contributed by atoms with Crippen molar-refractivity contribution in [1.29, 1.82) is 0 Å². The Bertz CT molecular complexity index is 373. The molecule has 5 heteroatoms. The van der Waals surface area contributed by atoms with Crippen molar-refractivity contribution in [3.05, 3.63) is 0 Å². The van der Waals surface area contributed by atoms with Gasteiger partial charge in [-0.2, -0.15) is 0 Å². The number of hydrogen-bond donors (Lipinski definition) is 1. The van der Waals surface area contributed by atoms with Gasteiger partial charge in [0.2, 0.25) is 11.8 Å². The molecule has 2 atom stereocenters. The third kappa shape index (κ3) is 4.27. The molecule has 2 amide bonds. The Kier molecular flexibility index (Phi) is 6.18. The quantitative estimate of drug-likeness (QED) is 0.569. The summed E-state index contributed by atoms with van der Waals surface area (Å²) < 4.78 is 0. The molecule has 2 saturated heterocycles. The molecule has 0 aromatic heterocycles. The van der Waals surface area contributed by atoms with Gasteiger partial charge >= 0.3 is 0 Å². The van der Waals surface area contributed by atoms with Gasteiger partial charge in [0, 0.05) is 12.6 Å². The first-order chi connectivity index (χ1) is 10.1. The summed E-state index contributed by atoms with van der Waals surface area (Å²) in [5, 5.41) is 3.27. The Hall–Kier alpha value is -0.940. The van der Waals surface area contributed by atoms with Crippen LogP contribution >= 0.6 is 0 Å². The van der Waals surface area contributed by atoms with Crippen molar-refractivity contribution in [3.8, 4) is 0 Å². The van der Waals surface area contributed by atoms with Crippen LogP contribution < -0.4 is 5.32 Å². The molecular weight excluding hydrogens is 266 g/mol. The van der Waals surface area contributed by atoms with E-state index in [2.05, 4.69) is 17.1 Å². The summed E-state index contributed by atoms with van der Waals surface area (Å²) in [6.45, 7) is 7.94. The Labute approximate surface area is 128 Å². The Morgan fingerprint density at radius 2 is 2.05 bits per heavy atom. The van der Waals surface area contributed by atoms with E-state index < -0.39 is 0 Å². The molecule has 2 heterocycles. The lowest BCUT2D eigenvalue weighted by Gasteiger charge is -2.33. The molecular formula is C16H29N3O2. The van der Waals surface area contributed by atoms with E-state index in [1.807, 2.05) is 6.92 Å². The third-order valence-corrected chi connectivity index (χ3v) is 4.64. The number of carbonyl (C=O) groups is 2. The molecule has 120 valence electrons. The van der Waals surface area contributed by atoms with Crippen molar-refractivity contribution >= 4 is 11.8 Å². The topological polar surface area (TPSA) is 52.7 Å². The van der Waals surface area contributed by atoms with Crippen molar-refractivity contribution in [3.63, 3.8) is 0 Å². The van der Waals surface area contributed by atoms with Crippen molar-refractivity contribution in [2.75, 3.05) is 26.2 Å². The van der Waals surface area contributed by atoms with Crippen LogP contribution in [0.5, 0.6) is 0 Å². The SMILES string of the molecule is CCCN1C(=O)CC(NCCCN2CCCCC2C)C1=O. The van der Waals surface area contributed by atoms with Gasteiger partial charge in [-0.15, -0.1) is 0 Å². The molecule has 2 rings (SSSR count). The number of nitrogens with one attached hydrogen (secondary N) is 1. The lowest BCUT2D eigenvalue weighted by Crippen LogP contribution is -2.41. The zero-order valence-electron chi connectivity index (χ0n) is 13.4. The number of hydrogen-bond acceptors (Lipinski definition) is 4. The maximum atomic E-state index is 12.1. The fourth-order valence-corrected chi connectivity index (χ4v) is 3.35. The number of nitrogens with zero attached hydrogens (tertiary/aromatic N) is 2. The van der Waals surface area contributed by atoms with Crippen LogP contribution in [0.3, 0.4) is 0 Å². The van der Waals surface area contributed by atoms with E-state index in [0.29, 0.717) is 19.0 Å². The average Bonchev–Trinajstić information content (AvgIpc) is 2.73. The van der Waals surface area contributed by atoms with Gasteiger partial charge in [-0.1, -0.05) is 13.3 Å². The van der Waals surface area contributed by atoms with Crippen molar-refractivity contribution < 1.29 is 9.59 Å². The minimum absolute atomic E-state index is 0.0241. The molecule has 0 saturated carbocycles. The Morgan fingerprint density at radius 1 is 1.24 bits per heavy atom. The number of amides is 2. The lowest BCUT2D eigenvalue weighted by atomic mass is 10.0. The second-order valence-corrected chi connectivity index (χ2v) is 6.33. The predicted molar refractivity (Wildman–Crippen MR) is 82.9 cm³/mol. The lowest BCUT2D eigenvalue weighted by molar-refractivity contribution is -0.138. The first-order valence-electron chi connectivity index (χ1n) is 8.45. The van der Waals surface area contributed by atoms with Crippen LogP contribution in [0.2, 0.25) is 0 Å². The molecule has 2 aliphatic heterocycles. The van der Waals surface area contributed by atoms with Crippen LogP contribution in [-0.4, -0.2) is 59.9 Å². The fraction of sp³-hybridized carbons (Fsp3) is 0.875. The fourth-order valence-electron chi connectivity index (χ4n) is 3.35. The van der Waals surface area contributed by atoms with Gasteiger partial charge in [0.15, 0.2) is 0 Å². The summed E-state index contributed by atoms with van der Waals surface area (Å²) in [5.74, 6) is -0.0582. The average molecular weight is 295 g/mol. The monoisotopic (exact) mass is 295 g/mol. The number of carbonyl (C=O) groups excluding carboxylic acids is 2. The standard InChI is InChI=1S/C16H29N3O2/c1-3-9-19-15(20)12-14(16(19)21)17-8-6-11-18-10-5-4-7-13(18)2/h13-14,17H,3-12H2,1-2H3. The molecule has 0 radical (unpaired) electrons. The molecule has 2 fully saturated rings. The van der Waals surface area contributed by atoms with E-state index in [0.717, 1.165) is 25.9 Å². The number of piperidine rings is 1. The predicted octanol–water partition coefficient (Wildman–Crippen LogP) is 1.38. The summed E-state index contributed by atoms with van der Waals surface area (Å²) in [4.78, 5) is 27.8. The number of likely N-dealkylation sites (tertiary alicyclic amines) is 2. The van der Waals surface area contributed by atoms with E-state index in [1.165, 1.54) is 30.7 Å². The van der Waals surface area contributed by atoms with E-state index in [-0.39, 0.29) is 17.9 Å². The van der Waals surface area contributed by atoms with E-state index in [9.17, 15) is 9.59 Å². The molecule has 0 bridgehead atoms. The molecule has 1 N–H and O–H groups in total. The molecule has 0 spiro atoms. The van der Waals surface area contributed by atoms with Gasteiger partial charge in [0.1, 0.15) is 0 Å². The minimum Gasteiger partial charge on any atom is -0.305 e. The van der Waals surface area contributed by atoms with Crippen LogP contribution in [0.15, 0.2) is 0 Å². The van der Waals surface area contributed by atoms with E-state index in [1.54, 1.807) is 0 Å². The van der Waals surface area contributed by atoms with Crippen LogP contribution in [0.25, 0.3) is 0 Å². The van der Waals surface area contributed by atoms with Gasteiger partial charge in [-0.05, 0) is 52.2 Å². The summed E-state index contributed by atoms with van der Waals surface area (Å²) >= 11 is 0. The van der Waals surface area contributed by atoms with Gasteiger partial charge in [-0.25, -0.2) is 0 Å². The maximum Gasteiger partial charge on any atom is 0.246 e. The largest absolute Gasteiger partial charge is 0.305 e. The maximum absolute atomic E-state index is 12.1. The molecule has 0 aromatic rings. The molecule has 2 aliphatic rings. The van der Waals surface area contributed by atoms with E-state index in [4.69, 9.17) is 0 Å². The van der Waals surface area contributed by atoms with Gasteiger partial charge in [-0.3, -0.25) is 14.5 Å². The second-order valence-electron chi connectivity index (χ2n) is 6.33. The highest BCUT2D eigenvalue weighted by Crippen LogP contribution is 2.16. The smallest absolute Gasteiger partial charge is 0.246 e. The van der Waals surface area contributed by atoms with Crippen molar-refractivity contribution in [2.24, 2.45) is 0 Å². The second kappa shape index (κ2) is 7.90. The first kappa shape index (κ1) is 16.4. The highest BCUT2D eigenvalue weighted by molar-refractivity contribution is 6.05.